The van der Waals surface area contributed by atoms with Crippen LogP contribution in [0.1, 0.15) is 37.7 Å². The van der Waals surface area contributed by atoms with Gasteiger partial charge in [0.2, 0.25) is 5.91 Å². The van der Waals surface area contributed by atoms with E-state index in [1.54, 1.807) is 25.5 Å². The van der Waals surface area contributed by atoms with Gasteiger partial charge in [0.15, 0.2) is 5.78 Å². The highest BCUT2D eigenvalue weighted by molar-refractivity contribution is 6.03. The number of Topliss-reactive ketones (excluding diaryl/α,β-unsaturated/α-hetero) is 1. The van der Waals surface area contributed by atoms with E-state index in [1.165, 1.54) is 6.92 Å². The quantitative estimate of drug-likeness (QED) is 0.857. The Labute approximate surface area is 123 Å². The zero-order chi connectivity index (χ0) is 15.4. The Morgan fingerprint density at radius 1 is 1.29 bits per heavy atom. The third-order valence-electron chi connectivity index (χ3n) is 3.08. The van der Waals surface area contributed by atoms with Crippen molar-refractivity contribution >= 4 is 17.4 Å². The van der Waals surface area contributed by atoms with Crippen molar-refractivity contribution in [3.05, 3.63) is 30.5 Å². The molecule has 0 bridgehead atoms. The van der Waals surface area contributed by atoms with E-state index in [9.17, 15) is 9.59 Å². The fourth-order valence-electron chi connectivity index (χ4n) is 1.96. The lowest BCUT2D eigenvalue weighted by Gasteiger charge is -2.09. The number of hydrogen-bond donors (Lipinski definition) is 1. The molecule has 0 radical (unpaired) electrons. The molecule has 0 atom stereocenters. The van der Waals surface area contributed by atoms with Crippen LogP contribution in [0.25, 0.3) is 11.3 Å². The zero-order valence-electron chi connectivity index (χ0n) is 12.4. The van der Waals surface area contributed by atoms with Crippen molar-refractivity contribution in [2.45, 2.75) is 33.7 Å². The normalized spacial score (nSPS) is 10.4. The van der Waals surface area contributed by atoms with Gasteiger partial charge in [-0.2, -0.15) is 0 Å². The molecule has 2 aromatic heterocycles. The van der Waals surface area contributed by atoms with Gasteiger partial charge in [-0.1, -0.05) is 6.92 Å². The second-order valence-electron chi connectivity index (χ2n) is 4.67. The van der Waals surface area contributed by atoms with E-state index in [1.807, 2.05) is 17.7 Å². The van der Waals surface area contributed by atoms with E-state index in [4.69, 9.17) is 0 Å². The standard InChI is InChI=1S/C15H18N4O2/c1-4-14(21)15-12(18-10(3)20)6-11(7-16-15)13-8-19(5-2)9-17-13/h6-9H,4-5H2,1-3H3,(H,18,20). The number of aryl methyl sites for hydroxylation is 1. The van der Waals surface area contributed by atoms with Crippen LogP contribution in [0.3, 0.4) is 0 Å². The Hall–Kier alpha value is -2.50. The summed E-state index contributed by atoms with van der Waals surface area (Å²) >= 11 is 0. The Kier molecular flexibility index (Phi) is 4.47. The molecule has 0 aromatic carbocycles. The maximum atomic E-state index is 11.9. The first-order chi connectivity index (χ1) is 10.0. The molecule has 2 heterocycles. The van der Waals surface area contributed by atoms with Crippen molar-refractivity contribution in [2.24, 2.45) is 0 Å². The number of rotatable bonds is 5. The number of ketones is 1. The smallest absolute Gasteiger partial charge is 0.221 e. The van der Waals surface area contributed by atoms with Crippen LogP contribution in [-0.2, 0) is 11.3 Å². The third kappa shape index (κ3) is 3.34. The van der Waals surface area contributed by atoms with Gasteiger partial charge >= 0.3 is 0 Å². The Morgan fingerprint density at radius 3 is 2.62 bits per heavy atom. The summed E-state index contributed by atoms with van der Waals surface area (Å²) < 4.78 is 1.94. The van der Waals surface area contributed by atoms with Crippen molar-refractivity contribution in [2.75, 3.05) is 5.32 Å². The van der Waals surface area contributed by atoms with E-state index in [0.717, 1.165) is 17.8 Å². The van der Waals surface area contributed by atoms with E-state index < -0.39 is 0 Å². The number of carbonyl (C=O) groups is 2. The largest absolute Gasteiger partial charge is 0.337 e. The van der Waals surface area contributed by atoms with Crippen LogP contribution < -0.4 is 5.32 Å². The first-order valence-corrected chi connectivity index (χ1v) is 6.88. The first kappa shape index (κ1) is 14.9. The lowest BCUT2D eigenvalue weighted by atomic mass is 10.1. The Balaban J connectivity index is 2.45. The summed E-state index contributed by atoms with van der Waals surface area (Å²) in [5, 5.41) is 2.66. The van der Waals surface area contributed by atoms with Crippen LogP contribution in [-0.4, -0.2) is 26.2 Å². The number of anilines is 1. The number of nitrogens with zero attached hydrogens (tertiary/aromatic N) is 3. The van der Waals surface area contributed by atoms with Crippen LogP contribution in [0.2, 0.25) is 0 Å². The second-order valence-corrected chi connectivity index (χ2v) is 4.67. The Bertz CT molecular complexity index is 676. The highest BCUT2D eigenvalue weighted by Crippen LogP contribution is 2.23. The van der Waals surface area contributed by atoms with Gasteiger partial charge in [-0.25, -0.2) is 4.98 Å². The van der Waals surface area contributed by atoms with Gasteiger partial charge in [0.25, 0.3) is 0 Å². The van der Waals surface area contributed by atoms with Gasteiger partial charge in [0.1, 0.15) is 5.69 Å². The fourth-order valence-corrected chi connectivity index (χ4v) is 1.96. The summed E-state index contributed by atoms with van der Waals surface area (Å²) in [5.41, 5.74) is 2.23. The summed E-state index contributed by atoms with van der Waals surface area (Å²) in [5.74, 6) is -0.345. The number of nitrogens with one attached hydrogen (secondary N) is 1. The average molecular weight is 286 g/mol. The van der Waals surface area contributed by atoms with E-state index in [2.05, 4.69) is 15.3 Å². The summed E-state index contributed by atoms with van der Waals surface area (Å²) in [6, 6.07) is 1.74. The predicted molar refractivity (Wildman–Crippen MR) is 80.1 cm³/mol. The molecule has 0 fully saturated rings. The van der Waals surface area contributed by atoms with Crippen molar-refractivity contribution in [1.82, 2.24) is 14.5 Å². The third-order valence-corrected chi connectivity index (χ3v) is 3.08. The van der Waals surface area contributed by atoms with Crippen molar-refractivity contribution in [1.29, 1.82) is 0 Å². The highest BCUT2D eigenvalue weighted by atomic mass is 16.1. The molecule has 1 N–H and O–H groups in total. The molecule has 0 aliphatic carbocycles. The molecule has 6 nitrogen and oxygen atoms in total. The van der Waals surface area contributed by atoms with Gasteiger partial charge in [-0.15, -0.1) is 0 Å². The molecule has 0 aliphatic rings. The fraction of sp³-hybridized carbons (Fsp3) is 0.333. The van der Waals surface area contributed by atoms with Crippen LogP contribution in [0.4, 0.5) is 5.69 Å². The molecule has 6 heteroatoms. The van der Waals surface area contributed by atoms with Gasteiger partial charge in [0.05, 0.1) is 17.7 Å². The molecule has 1 amide bonds. The van der Waals surface area contributed by atoms with Gasteiger partial charge < -0.3 is 9.88 Å². The van der Waals surface area contributed by atoms with Crippen molar-refractivity contribution in [3.63, 3.8) is 0 Å². The molecular weight excluding hydrogens is 268 g/mol. The van der Waals surface area contributed by atoms with Gasteiger partial charge in [-0.05, 0) is 13.0 Å². The van der Waals surface area contributed by atoms with E-state index in [-0.39, 0.29) is 17.4 Å². The molecule has 110 valence electrons. The van der Waals surface area contributed by atoms with Crippen molar-refractivity contribution < 1.29 is 9.59 Å². The highest BCUT2D eigenvalue weighted by Gasteiger charge is 2.14. The molecule has 0 saturated carbocycles. The molecule has 0 aliphatic heterocycles. The Morgan fingerprint density at radius 2 is 2.05 bits per heavy atom. The van der Waals surface area contributed by atoms with Crippen LogP contribution in [0.5, 0.6) is 0 Å². The second kappa shape index (κ2) is 6.30. The molecule has 2 rings (SSSR count). The molecule has 21 heavy (non-hydrogen) atoms. The van der Waals surface area contributed by atoms with Crippen LogP contribution in [0, 0.1) is 0 Å². The number of hydrogen-bond acceptors (Lipinski definition) is 4. The molecule has 2 aromatic rings. The maximum Gasteiger partial charge on any atom is 0.221 e. The minimum atomic E-state index is -0.238. The summed E-state index contributed by atoms with van der Waals surface area (Å²) in [7, 11) is 0. The molecule has 0 spiro atoms. The monoisotopic (exact) mass is 286 g/mol. The lowest BCUT2D eigenvalue weighted by molar-refractivity contribution is -0.114. The van der Waals surface area contributed by atoms with Gasteiger partial charge in [-0.3, -0.25) is 14.6 Å². The topological polar surface area (TPSA) is 76.9 Å². The lowest BCUT2D eigenvalue weighted by Crippen LogP contribution is -2.12. The SMILES string of the molecule is CCC(=O)c1ncc(-c2cn(CC)cn2)cc1NC(C)=O. The first-order valence-electron chi connectivity index (χ1n) is 6.88. The average Bonchev–Trinajstić information content (AvgIpc) is 2.94. The number of pyridine rings is 1. The minimum Gasteiger partial charge on any atom is -0.337 e. The number of amides is 1. The van der Waals surface area contributed by atoms with Gasteiger partial charge in [0, 0.05) is 37.8 Å². The minimum absolute atomic E-state index is 0.107. The predicted octanol–water partition coefficient (Wildman–Crippen LogP) is 2.52. The summed E-state index contributed by atoms with van der Waals surface area (Å²) in [6.07, 6.45) is 5.58. The van der Waals surface area contributed by atoms with Crippen LogP contribution in [0.15, 0.2) is 24.8 Å². The zero-order valence-corrected chi connectivity index (χ0v) is 12.4. The van der Waals surface area contributed by atoms with E-state index >= 15 is 0 Å². The van der Waals surface area contributed by atoms with Crippen molar-refractivity contribution in [3.8, 4) is 11.3 Å². The van der Waals surface area contributed by atoms with Crippen LogP contribution >= 0.6 is 0 Å². The summed E-state index contributed by atoms with van der Waals surface area (Å²) in [4.78, 5) is 31.7. The number of aromatic nitrogens is 3. The van der Waals surface area contributed by atoms with E-state index in [0.29, 0.717) is 12.1 Å². The maximum absolute atomic E-state index is 11.9. The number of carbonyl (C=O) groups excluding carboxylic acids is 2. The molecule has 0 saturated heterocycles. The molecular formula is C15H18N4O2. The molecule has 0 unspecified atom stereocenters. The number of imidazole rings is 1. The summed E-state index contributed by atoms with van der Waals surface area (Å²) in [6.45, 7) is 6.01.